The number of benzene rings is 2. The number of halogens is 1. The maximum Gasteiger partial charge on any atom is 0.261 e. The van der Waals surface area contributed by atoms with E-state index in [0.717, 1.165) is 40.2 Å². The first kappa shape index (κ1) is 17.3. The van der Waals surface area contributed by atoms with Gasteiger partial charge >= 0.3 is 0 Å². The summed E-state index contributed by atoms with van der Waals surface area (Å²) in [5, 5.41) is 1.71. The molecule has 1 aliphatic heterocycles. The van der Waals surface area contributed by atoms with Crippen molar-refractivity contribution in [2.24, 2.45) is 0 Å². The monoisotopic (exact) mass is 386 g/mol. The quantitative estimate of drug-likeness (QED) is 0.633. The van der Waals surface area contributed by atoms with Gasteiger partial charge in [-0.1, -0.05) is 23.7 Å². The Morgan fingerprint density at radius 2 is 2.19 bits per heavy atom. The minimum absolute atomic E-state index is 0.000593. The third kappa shape index (κ3) is 3.41. The molecule has 1 aliphatic rings. The summed E-state index contributed by atoms with van der Waals surface area (Å²) >= 11 is 7.70. The van der Waals surface area contributed by atoms with Crippen LogP contribution in [0, 0.1) is 6.92 Å². The summed E-state index contributed by atoms with van der Waals surface area (Å²) in [5.41, 5.74) is 1.94. The molecule has 6 heteroatoms. The first-order valence-electron chi connectivity index (χ1n) is 8.66. The topological polar surface area (TPSA) is 42.4 Å². The van der Waals surface area contributed by atoms with Gasteiger partial charge in [0.15, 0.2) is 6.61 Å². The number of fused-ring (bicyclic) bond motifs is 1. The molecule has 134 valence electrons. The minimum Gasteiger partial charge on any atom is -0.484 e. The highest BCUT2D eigenvalue weighted by Gasteiger charge is 2.32. The van der Waals surface area contributed by atoms with Crippen molar-refractivity contribution in [1.82, 2.24) is 9.88 Å². The third-order valence-corrected chi connectivity index (χ3v) is 6.22. The number of amides is 1. The number of aromatic nitrogens is 1. The summed E-state index contributed by atoms with van der Waals surface area (Å²) in [6.07, 6.45) is 1.94. The molecule has 2 aromatic carbocycles. The van der Waals surface area contributed by atoms with Gasteiger partial charge in [0.05, 0.1) is 16.3 Å². The van der Waals surface area contributed by atoms with Gasteiger partial charge < -0.3 is 9.64 Å². The first-order chi connectivity index (χ1) is 12.6. The van der Waals surface area contributed by atoms with Gasteiger partial charge in [0.1, 0.15) is 10.8 Å². The molecule has 1 aromatic heterocycles. The predicted octanol–water partition coefficient (Wildman–Crippen LogP) is 5.00. The highest BCUT2D eigenvalue weighted by atomic mass is 35.5. The van der Waals surface area contributed by atoms with E-state index < -0.39 is 0 Å². The molecule has 1 atom stereocenters. The fourth-order valence-electron chi connectivity index (χ4n) is 3.29. The summed E-state index contributed by atoms with van der Waals surface area (Å²) in [6, 6.07) is 13.6. The number of aryl methyl sites for hydroxylation is 1. The molecule has 1 saturated heterocycles. The number of carbonyl (C=O) groups is 1. The summed E-state index contributed by atoms with van der Waals surface area (Å²) in [5.74, 6) is 0.662. The number of thiazole rings is 1. The zero-order valence-corrected chi connectivity index (χ0v) is 16.0. The summed E-state index contributed by atoms with van der Waals surface area (Å²) in [6.45, 7) is 2.70. The Morgan fingerprint density at radius 1 is 1.35 bits per heavy atom. The minimum atomic E-state index is -0.000593. The molecule has 0 bridgehead atoms. The van der Waals surface area contributed by atoms with Crippen molar-refractivity contribution in [2.75, 3.05) is 13.2 Å². The van der Waals surface area contributed by atoms with Gasteiger partial charge in [0.25, 0.3) is 5.91 Å². The van der Waals surface area contributed by atoms with Crippen molar-refractivity contribution in [2.45, 2.75) is 25.8 Å². The van der Waals surface area contributed by atoms with Crippen LogP contribution in [0.1, 0.15) is 29.5 Å². The second-order valence-electron chi connectivity index (χ2n) is 6.46. The van der Waals surface area contributed by atoms with Crippen LogP contribution in [0.5, 0.6) is 5.75 Å². The lowest BCUT2D eigenvalue weighted by atomic mass is 10.2. The van der Waals surface area contributed by atoms with E-state index in [1.54, 1.807) is 23.5 Å². The van der Waals surface area contributed by atoms with E-state index in [0.29, 0.717) is 10.8 Å². The van der Waals surface area contributed by atoms with Crippen molar-refractivity contribution in [3.8, 4) is 5.75 Å². The van der Waals surface area contributed by atoms with Gasteiger partial charge in [-0.05, 0) is 55.7 Å². The lowest BCUT2D eigenvalue weighted by molar-refractivity contribution is -0.134. The Morgan fingerprint density at radius 3 is 3.00 bits per heavy atom. The van der Waals surface area contributed by atoms with E-state index in [4.69, 9.17) is 21.3 Å². The van der Waals surface area contributed by atoms with Crippen LogP contribution in [0.4, 0.5) is 0 Å². The van der Waals surface area contributed by atoms with Gasteiger partial charge in [-0.25, -0.2) is 4.98 Å². The van der Waals surface area contributed by atoms with E-state index >= 15 is 0 Å². The lowest BCUT2D eigenvalue weighted by Gasteiger charge is -2.23. The average Bonchev–Trinajstić information content (AvgIpc) is 3.28. The molecule has 0 aliphatic carbocycles. The number of rotatable bonds is 4. The van der Waals surface area contributed by atoms with Crippen LogP contribution in [0.15, 0.2) is 42.5 Å². The van der Waals surface area contributed by atoms with Crippen LogP contribution >= 0.6 is 22.9 Å². The number of hydrogen-bond donors (Lipinski definition) is 0. The Bertz CT molecular complexity index is 923. The summed E-state index contributed by atoms with van der Waals surface area (Å²) < 4.78 is 6.85. The normalized spacial score (nSPS) is 17.0. The predicted molar refractivity (Wildman–Crippen MR) is 105 cm³/mol. The van der Waals surface area contributed by atoms with Gasteiger partial charge in [-0.3, -0.25) is 4.79 Å². The zero-order chi connectivity index (χ0) is 18.1. The number of para-hydroxylation sites is 1. The fraction of sp³-hybridized carbons (Fsp3) is 0.300. The number of nitrogens with zero attached hydrogens (tertiary/aromatic N) is 2. The van der Waals surface area contributed by atoms with Gasteiger partial charge in [-0.15, -0.1) is 11.3 Å². The highest BCUT2D eigenvalue weighted by Crippen LogP contribution is 2.36. The Balaban J connectivity index is 1.47. The molecular formula is C20H19ClN2O2S. The summed E-state index contributed by atoms with van der Waals surface area (Å²) in [7, 11) is 0. The van der Waals surface area contributed by atoms with Crippen LogP contribution < -0.4 is 4.74 Å². The van der Waals surface area contributed by atoms with E-state index in [-0.39, 0.29) is 18.6 Å². The second-order valence-corrected chi connectivity index (χ2v) is 7.93. The fourth-order valence-corrected chi connectivity index (χ4v) is 4.52. The zero-order valence-electron chi connectivity index (χ0n) is 14.4. The van der Waals surface area contributed by atoms with Crippen molar-refractivity contribution < 1.29 is 9.53 Å². The molecule has 4 rings (SSSR count). The summed E-state index contributed by atoms with van der Waals surface area (Å²) in [4.78, 5) is 19.4. The van der Waals surface area contributed by atoms with Crippen LogP contribution in [0.2, 0.25) is 5.02 Å². The Labute approximate surface area is 161 Å². The Hall–Kier alpha value is -2.11. The van der Waals surface area contributed by atoms with Crippen molar-refractivity contribution >= 4 is 39.1 Å². The van der Waals surface area contributed by atoms with E-state index in [1.807, 2.05) is 36.1 Å². The maximum absolute atomic E-state index is 12.7. The molecule has 0 saturated carbocycles. The molecule has 1 unspecified atom stereocenters. The molecule has 0 spiro atoms. The second kappa shape index (κ2) is 7.25. The first-order valence-corrected chi connectivity index (χ1v) is 9.85. The molecule has 3 aromatic rings. The van der Waals surface area contributed by atoms with Crippen LogP contribution in [-0.4, -0.2) is 28.9 Å². The van der Waals surface area contributed by atoms with Gasteiger partial charge in [0, 0.05) is 11.6 Å². The van der Waals surface area contributed by atoms with Gasteiger partial charge in [-0.2, -0.15) is 0 Å². The van der Waals surface area contributed by atoms with Crippen molar-refractivity contribution in [3.05, 3.63) is 58.1 Å². The standard InChI is InChI=1S/C20H19ClN2O2S/c1-13-11-14(8-9-15(13)21)25-12-19(24)23-10-4-6-17(23)20-22-16-5-2-3-7-18(16)26-20/h2-3,5,7-9,11,17H,4,6,10,12H2,1H3. The maximum atomic E-state index is 12.7. The molecule has 4 nitrogen and oxygen atoms in total. The highest BCUT2D eigenvalue weighted by molar-refractivity contribution is 7.18. The molecule has 26 heavy (non-hydrogen) atoms. The SMILES string of the molecule is Cc1cc(OCC(=O)N2CCCC2c2nc3ccccc3s2)ccc1Cl. The van der Waals surface area contributed by atoms with E-state index in [1.165, 1.54) is 0 Å². The van der Waals surface area contributed by atoms with E-state index in [9.17, 15) is 4.79 Å². The van der Waals surface area contributed by atoms with Crippen LogP contribution in [0.3, 0.4) is 0 Å². The molecule has 1 amide bonds. The van der Waals surface area contributed by atoms with Crippen molar-refractivity contribution in [3.63, 3.8) is 0 Å². The molecule has 0 radical (unpaired) electrons. The average molecular weight is 387 g/mol. The molecule has 0 N–H and O–H groups in total. The van der Waals surface area contributed by atoms with E-state index in [2.05, 4.69) is 6.07 Å². The van der Waals surface area contributed by atoms with Crippen LogP contribution in [0.25, 0.3) is 10.2 Å². The number of likely N-dealkylation sites (tertiary alicyclic amines) is 1. The van der Waals surface area contributed by atoms with Gasteiger partial charge in [0.2, 0.25) is 0 Å². The number of hydrogen-bond acceptors (Lipinski definition) is 4. The largest absolute Gasteiger partial charge is 0.484 e. The van der Waals surface area contributed by atoms with Crippen molar-refractivity contribution in [1.29, 1.82) is 0 Å². The number of ether oxygens (including phenoxy) is 1. The third-order valence-electron chi connectivity index (χ3n) is 4.66. The lowest BCUT2D eigenvalue weighted by Crippen LogP contribution is -2.34. The molecule has 1 fully saturated rings. The smallest absolute Gasteiger partial charge is 0.261 e. The molecule has 2 heterocycles. The molecular weight excluding hydrogens is 368 g/mol. The number of carbonyl (C=O) groups excluding carboxylic acids is 1. The van der Waals surface area contributed by atoms with Crippen LogP contribution in [-0.2, 0) is 4.79 Å². The Kier molecular flexibility index (Phi) is 4.83.